The number of likely N-dealkylation sites (tertiary alicyclic amines) is 1. The van der Waals surface area contributed by atoms with Crippen molar-refractivity contribution in [3.8, 4) is 0 Å². The molecule has 7 heteroatoms. The summed E-state index contributed by atoms with van der Waals surface area (Å²) in [5.74, 6) is 0.145. The van der Waals surface area contributed by atoms with Gasteiger partial charge in [-0.05, 0) is 51.0 Å². The number of carbonyl (C=O) groups excluding carboxylic acids is 1. The topological polar surface area (TPSA) is 55.2 Å². The Morgan fingerprint density at radius 1 is 1.26 bits per heavy atom. The van der Waals surface area contributed by atoms with Gasteiger partial charge < -0.3 is 4.90 Å². The smallest absolute Gasteiger partial charge is 0.263 e. The molecule has 0 spiro atoms. The monoisotopic (exact) mass is 405 g/mol. The maximum Gasteiger partial charge on any atom is 0.263 e. The predicted octanol–water partition coefficient (Wildman–Crippen LogP) is 4.02. The van der Waals surface area contributed by atoms with Gasteiger partial charge in [0.15, 0.2) is 5.16 Å². The number of amides is 1. The molecule has 1 fully saturated rings. The average Bonchev–Trinajstić information content (AvgIpc) is 3.05. The SMILES string of the molecule is CCC(C)n1c(SC2CCN(C)C2=O)nc2sc3c(c2c1=O)CCCCC3. The van der Waals surface area contributed by atoms with Gasteiger partial charge in [-0.2, -0.15) is 0 Å². The lowest BCUT2D eigenvalue weighted by Crippen LogP contribution is -2.28. The maximum absolute atomic E-state index is 13.5. The number of aromatic nitrogens is 2. The summed E-state index contributed by atoms with van der Waals surface area (Å²) in [5.41, 5.74) is 1.34. The standard InChI is InChI=1S/C20H27N3O2S2/c1-4-12(2)23-19(25)16-13-8-6-5-7-9-14(13)26-17(16)21-20(23)27-15-10-11-22(3)18(15)24/h12,15H,4-11H2,1-3H3. The lowest BCUT2D eigenvalue weighted by Gasteiger charge is -2.19. The second-order valence-electron chi connectivity index (χ2n) is 7.73. The first kappa shape index (κ1) is 19.0. The molecule has 1 aliphatic carbocycles. The Balaban J connectivity index is 1.85. The van der Waals surface area contributed by atoms with E-state index in [2.05, 4.69) is 13.8 Å². The number of carbonyl (C=O) groups is 1. The van der Waals surface area contributed by atoms with Crippen molar-refractivity contribution in [1.29, 1.82) is 0 Å². The Morgan fingerprint density at radius 3 is 2.74 bits per heavy atom. The number of thioether (sulfide) groups is 1. The number of rotatable bonds is 4. The highest BCUT2D eigenvalue weighted by atomic mass is 32.2. The highest BCUT2D eigenvalue weighted by Crippen LogP contribution is 2.36. The van der Waals surface area contributed by atoms with Crippen molar-refractivity contribution in [2.75, 3.05) is 13.6 Å². The van der Waals surface area contributed by atoms with Gasteiger partial charge in [0, 0.05) is 24.5 Å². The third-order valence-electron chi connectivity index (χ3n) is 5.90. The summed E-state index contributed by atoms with van der Waals surface area (Å²) in [6.45, 7) is 4.95. The van der Waals surface area contributed by atoms with Crippen LogP contribution in [0.2, 0.25) is 0 Å². The minimum Gasteiger partial charge on any atom is -0.345 e. The normalized spacial score (nSPS) is 21.5. The van der Waals surface area contributed by atoms with E-state index in [4.69, 9.17) is 4.98 Å². The molecule has 1 aliphatic heterocycles. The molecule has 2 aliphatic rings. The molecule has 2 atom stereocenters. The summed E-state index contributed by atoms with van der Waals surface area (Å²) >= 11 is 3.18. The van der Waals surface area contributed by atoms with Crippen molar-refractivity contribution >= 4 is 39.2 Å². The summed E-state index contributed by atoms with van der Waals surface area (Å²) in [6, 6.07) is 0.0764. The molecule has 0 N–H and O–H groups in total. The van der Waals surface area contributed by atoms with Crippen LogP contribution >= 0.6 is 23.1 Å². The average molecular weight is 406 g/mol. The molecule has 3 heterocycles. The summed E-state index contributed by atoms with van der Waals surface area (Å²) in [4.78, 5) is 34.9. The predicted molar refractivity (Wildman–Crippen MR) is 112 cm³/mol. The largest absolute Gasteiger partial charge is 0.345 e. The molecule has 2 aromatic heterocycles. The zero-order valence-corrected chi connectivity index (χ0v) is 17.9. The molecule has 27 heavy (non-hydrogen) atoms. The van der Waals surface area contributed by atoms with Gasteiger partial charge in [-0.15, -0.1) is 11.3 Å². The quantitative estimate of drug-likeness (QED) is 0.569. The van der Waals surface area contributed by atoms with Crippen molar-refractivity contribution in [3.63, 3.8) is 0 Å². The number of hydrogen-bond acceptors (Lipinski definition) is 5. The second-order valence-corrected chi connectivity index (χ2v) is 9.98. The molecule has 0 bridgehead atoms. The lowest BCUT2D eigenvalue weighted by atomic mass is 10.1. The van der Waals surface area contributed by atoms with Gasteiger partial charge in [0.25, 0.3) is 5.56 Å². The summed E-state index contributed by atoms with van der Waals surface area (Å²) in [7, 11) is 1.84. The minimum atomic E-state index is -0.132. The van der Waals surface area contributed by atoms with E-state index < -0.39 is 0 Å². The van der Waals surface area contributed by atoms with E-state index in [0.29, 0.717) is 5.16 Å². The van der Waals surface area contributed by atoms with Crippen LogP contribution in [0.1, 0.15) is 62.4 Å². The highest BCUT2D eigenvalue weighted by Gasteiger charge is 2.32. The summed E-state index contributed by atoms with van der Waals surface area (Å²) in [5, 5.41) is 1.43. The van der Waals surface area contributed by atoms with Gasteiger partial charge in [-0.1, -0.05) is 25.1 Å². The number of fused-ring (bicyclic) bond motifs is 3. The molecule has 0 saturated carbocycles. The number of hydrogen-bond donors (Lipinski definition) is 0. The Bertz CT molecular complexity index is 933. The molecule has 2 unspecified atom stereocenters. The van der Waals surface area contributed by atoms with Gasteiger partial charge in [-0.25, -0.2) is 4.98 Å². The van der Waals surface area contributed by atoms with Gasteiger partial charge in [0.05, 0.1) is 10.6 Å². The first-order valence-corrected chi connectivity index (χ1v) is 11.7. The van der Waals surface area contributed by atoms with Crippen LogP contribution in [0.25, 0.3) is 10.2 Å². The van der Waals surface area contributed by atoms with Crippen LogP contribution in [0.15, 0.2) is 9.95 Å². The van der Waals surface area contributed by atoms with Gasteiger partial charge in [0.1, 0.15) is 4.83 Å². The van der Waals surface area contributed by atoms with Gasteiger partial charge >= 0.3 is 0 Å². The van der Waals surface area contributed by atoms with E-state index in [1.54, 1.807) is 16.2 Å². The van der Waals surface area contributed by atoms with Crippen molar-refractivity contribution in [1.82, 2.24) is 14.5 Å². The van der Waals surface area contributed by atoms with E-state index in [9.17, 15) is 9.59 Å². The summed E-state index contributed by atoms with van der Waals surface area (Å²) in [6.07, 6.45) is 7.32. The van der Waals surface area contributed by atoms with Crippen LogP contribution in [0.5, 0.6) is 0 Å². The fourth-order valence-electron chi connectivity index (χ4n) is 4.06. The van der Waals surface area contributed by atoms with E-state index in [1.807, 2.05) is 11.6 Å². The van der Waals surface area contributed by atoms with Crippen molar-refractivity contribution < 1.29 is 4.79 Å². The third kappa shape index (κ3) is 3.33. The fourth-order valence-corrected chi connectivity index (χ4v) is 6.65. The Labute approximate surface area is 168 Å². The van der Waals surface area contributed by atoms with Crippen LogP contribution in [-0.2, 0) is 17.6 Å². The number of nitrogens with zero attached hydrogens (tertiary/aromatic N) is 3. The van der Waals surface area contributed by atoms with Crippen molar-refractivity contribution in [3.05, 3.63) is 20.8 Å². The van der Waals surface area contributed by atoms with Gasteiger partial charge in [-0.3, -0.25) is 14.2 Å². The number of thiophene rings is 1. The van der Waals surface area contributed by atoms with Crippen LogP contribution < -0.4 is 5.56 Å². The fraction of sp³-hybridized carbons (Fsp3) is 0.650. The van der Waals surface area contributed by atoms with Crippen LogP contribution in [-0.4, -0.2) is 39.2 Å². The second kappa shape index (κ2) is 7.59. The molecule has 1 saturated heterocycles. The molecule has 146 valence electrons. The molecular weight excluding hydrogens is 378 g/mol. The highest BCUT2D eigenvalue weighted by molar-refractivity contribution is 8.00. The van der Waals surface area contributed by atoms with E-state index >= 15 is 0 Å². The molecule has 2 aromatic rings. The maximum atomic E-state index is 13.5. The minimum absolute atomic E-state index is 0.0764. The zero-order chi connectivity index (χ0) is 19.1. The van der Waals surface area contributed by atoms with Crippen LogP contribution in [0.4, 0.5) is 0 Å². The molecule has 0 radical (unpaired) electrons. The molecular formula is C20H27N3O2S2. The lowest BCUT2D eigenvalue weighted by molar-refractivity contribution is -0.126. The third-order valence-corrected chi connectivity index (χ3v) is 8.30. The first-order valence-electron chi connectivity index (χ1n) is 9.99. The molecule has 5 nitrogen and oxygen atoms in total. The summed E-state index contributed by atoms with van der Waals surface area (Å²) < 4.78 is 1.86. The Morgan fingerprint density at radius 2 is 2.04 bits per heavy atom. The van der Waals surface area contributed by atoms with E-state index in [-0.39, 0.29) is 22.8 Å². The van der Waals surface area contributed by atoms with Crippen LogP contribution in [0.3, 0.4) is 0 Å². The Kier molecular flexibility index (Phi) is 5.34. The van der Waals surface area contributed by atoms with E-state index in [0.717, 1.165) is 48.9 Å². The number of aryl methyl sites for hydroxylation is 2. The van der Waals surface area contributed by atoms with Crippen LogP contribution in [0, 0.1) is 0 Å². The molecule has 0 aromatic carbocycles. The van der Waals surface area contributed by atoms with E-state index in [1.165, 1.54) is 35.0 Å². The zero-order valence-electron chi connectivity index (χ0n) is 16.3. The van der Waals surface area contributed by atoms with Crippen molar-refractivity contribution in [2.24, 2.45) is 0 Å². The van der Waals surface area contributed by atoms with Crippen molar-refractivity contribution in [2.45, 2.75) is 75.2 Å². The van der Waals surface area contributed by atoms with Gasteiger partial charge in [0.2, 0.25) is 5.91 Å². The molecule has 4 rings (SSSR count). The molecule has 1 amide bonds. The first-order chi connectivity index (χ1) is 13.0. The Hall–Kier alpha value is -1.34.